The summed E-state index contributed by atoms with van der Waals surface area (Å²) in [6.07, 6.45) is -1.48. The molecule has 0 fully saturated rings. The fourth-order valence-electron chi connectivity index (χ4n) is 4.36. The molecule has 2 aliphatic heterocycles. The zero-order valence-electron chi connectivity index (χ0n) is 15.7. The minimum absolute atomic E-state index is 0.177. The highest BCUT2D eigenvalue weighted by Crippen LogP contribution is 2.44. The number of nitrogens with zero attached hydrogens (tertiary/aromatic N) is 2. The van der Waals surface area contributed by atoms with E-state index in [4.69, 9.17) is 0 Å². The van der Waals surface area contributed by atoms with E-state index in [0.29, 0.717) is 28.0 Å². The van der Waals surface area contributed by atoms with Crippen LogP contribution in [0.5, 0.6) is 0 Å². The van der Waals surface area contributed by atoms with Gasteiger partial charge in [-0.15, -0.1) is 0 Å². The number of carbonyl (C=O) groups is 1. The van der Waals surface area contributed by atoms with Crippen molar-refractivity contribution < 1.29 is 15.0 Å². The number of aliphatic hydroxyl groups excluding tert-OH is 1. The zero-order chi connectivity index (χ0) is 20.3. The first-order chi connectivity index (χ1) is 13.9. The normalized spacial score (nSPS) is 27.8. The molecule has 1 aromatic heterocycles. The number of amides is 1. The summed E-state index contributed by atoms with van der Waals surface area (Å²) in [7, 11) is 0. The molecule has 3 aromatic rings. The predicted octanol–water partition coefficient (Wildman–Crippen LogP) is 1.15. The highest BCUT2D eigenvalue weighted by Gasteiger charge is 2.49. The SMILES string of the molecule is C[C@@H]1NC(=O)[C@@H](C[C@]2(O)c3ccccc3NC2O)n2c1nc1ccccc1c2=O. The van der Waals surface area contributed by atoms with Crippen LogP contribution in [-0.4, -0.2) is 31.9 Å². The molecule has 8 nitrogen and oxygen atoms in total. The Kier molecular flexibility index (Phi) is 3.77. The van der Waals surface area contributed by atoms with Gasteiger partial charge in [-0.05, 0) is 25.1 Å². The van der Waals surface area contributed by atoms with Gasteiger partial charge in [0, 0.05) is 17.7 Å². The average Bonchev–Trinajstić information content (AvgIpc) is 2.96. The molecule has 2 aromatic carbocycles. The fourth-order valence-corrected chi connectivity index (χ4v) is 4.36. The van der Waals surface area contributed by atoms with Crippen LogP contribution in [0.25, 0.3) is 10.9 Å². The second-order valence-corrected chi connectivity index (χ2v) is 7.63. The third-order valence-electron chi connectivity index (χ3n) is 5.84. The smallest absolute Gasteiger partial charge is 0.262 e. The van der Waals surface area contributed by atoms with Crippen LogP contribution in [0.4, 0.5) is 5.69 Å². The number of fused-ring (bicyclic) bond motifs is 3. The Morgan fingerprint density at radius 2 is 1.83 bits per heavy atom. The van der Waals surface area contributed by atoms with Crippen LogP contribution in [0.1, 0.15) is 36.8 Å². The molecule has 0 saturated carbocycles. The van der Waals surface area contributed by atoms with Crippen molar-refractivity contribution in [1.82, 2.24) is 14.9 Å². The van der Waals surface area contributed by atoms with Crippen molar-refractivity contribution in [2.24, 2.45) is 0 Å². The van der Waals surface area contributed by atoms with Crippen molar-refractivity contribution in [2.45, 2.75) is 37.3 Å². The summed E-state index contributed by atoms with van der Waals surface area (Å²) >= 11 is 0. The number of hydrogen-bond acceptors (Lipinski definition) is 6. The van der Waals surface area contributed by atoms with E-state index in [-0.39, 0.29) is 12.0 Å². The number of benzene rings is 2. The summed E-state index contributed by atoms with van der Waals surface area (Å²) in [4.78, 5) is 30.7. The van der Waals surface area contributed by atoms with E-state index in [2.05, 4.69) is 15.6 Å². The van der Waals surface area contributed by atoms with Crippen LogP contribution in [0, 0.1) is 0 Å². The van der Waals surface area contributed by atoms with Gasteiger partial charge in [-0.3, -0.25) is 14.2 Å². The molecule has 148 valence electrons. The molecule has 0 bridgehead atoms. The van der Waals surface area contributed by atoms with Crippen LogP contribution in [-0.2, 0) is 10.4 Å². The lowest BCUT2D eigenvalue weighted by Gasteiger charge is -2.36. The van der Waals surface area contributed by atoms with Crippen molar-refractivity contribution in [3.05, 3.63) is 70.3 Å². The van der Waals surface area contributed by atoms with Gasteiger partial charge < -0.3 is 20.8 Å². The van der Waals surface area contributed by atoms with Crippen LogP contribution in [0.2, 0.25) is 0 Å². The molecular weight excluding hydrogens is 372 g/mol. The highest BCUT2D eigenvalue weighted by atomic mass is 16.4. The monoisotopic (exact) mass is 392 g/mol. The van der Waals surface area contributed by atoms with E-state index < -0.39 is 29.8 Å². The third kappa shape index (κ3) is 2.49. The molecule has 0 spiro atoms. The van der Waals surface area contributed by atoms with Crippen LogP contribution >= 0.6 is 0 Å². The Bertz CT molecular complexity index is 1210. The first-order valence-corrected chi connectivity index (χ1v) is 9.48. The lowest BCUT2D eigenvalue weighted by Crippen LogP contribution is -2.51. The predicted molar refractivity (Wildman–Crippen MR) is 106 cm³/mol. The molecule has 5 rings (SSSR count). The summed E-state index contributed by atoms with van der Waals surface area (Å²) in [6.45, 7) is 1.76. The maximum atomic E-state index is 13.3. The Hall–Kier alpha value is -3.23. The van der Waals surface area contributed by atoms with Gasteiger partial charge in [0.2, 0.25) is 5.91 Å². The van der Waals surface area contributed by atoms with Crippen LogP contribution in [0.15, 0.2) is 53.3 Å². The van der Waals surface area contributed by atoms with E-state index in [1.54, 1.807) is 55.5 Å². The second-order valence-electron chi connectivity index (χ2n) is 7.63. The fraction of sp³-hybridized carbons (Fsp3) is 0.286. The summed E-state index contributed by atoms with van der Waals surface area (Å²) < 4.78 is 1.36. The Morgan fingerprint density at radius 1 is 1.10 bits per heavy atom. The topological polar surface area (TPSA) is 116 Å². The van der Waals surface area contributed by atoms with Crippen molar-refractivity contribution in [1.29, 1.82) is 0 Å². The third-order valence-corrected chi connectivity index (χ3v) is 5.84. The zero-order valence-corrected chi connectivity index (χ0v) is 15.7. The Balaban J connectivity index is 1.68. The number of rotatable bonds is 2. The summed E-state index contributed by atoms with van der Waals surface area (Å²) in [5, 5.41) is 28.0. The van der Waals surface area contributed by atoms with Crippen molar-refractivity contribution in [3.63, 3.8) is 0 Å². The molecule has 8 heteroatoms. The van der Waals surface area contributed by atoms with Crippen molar-refractivity contribution in [2.75, 3.05) is 5.32 Å². The number of anilines is 1. The lowest BCUT2D eigenvalue weighted by atomic mass is 9.86. The number of aliphatic hydroxyl groups is 2. The number of nitrogens with one attached hydrogen (secondary N) is 2. The quantitative estimate of drug-likeness (QED) is 0.520. The van der Waals surface area contributed by atoms with Gasteiger partial charge in [-0.1, -0.05) is 30.3 Å². The first kappa shape index (κ1) is 17.8. The number of aromatic nitrogens is 2. The van der Waals surface area contributed by atoms with Crippen LogP contribution < -0.4 is 16.2 Å². The second kappa shape index (κ2) is 6.13. The molecule has 2 aliphatic rings. The largest absolute Gasteiger partial charge is 0.380 e. The molecule has 29 heavy (non-hydrogen) atoms. The maximum Gasteiger partial charge on any atom is 0.262 e. The Labute approximate surface area is 165 Å². The van der Waals surface area contributed by atoms with E-state index >= 15 is 0 Å². The van der Waals surface area contributed by atoms with E-state index in [1.165, 1.54) is 4.57 Å². The number of para-hydroxylation sites is 2. The molecule has 4 N–H and O–H groups in total. The maximum absolute atomic E-state index is 13.3. The number of hydrogen-bond donors (Lipinski definition) is 4. The lowest BCUT2D eigenvalue weighted by molar-refractivity contribution is -0.132. The standard InChI is InChI=1S/C21H20N4O4/c1-11-17-23-14-8-4-2-6-12(14)19(27)25(17)16(18(26)22-11)10-21(29)13-7-3-5-9-15(13)24-20(21)28/h2-9,11,16,20,24,28-29H,10H2,1H3,(H,22,26)/t11-,16+,20?,21-/m0/s1. The number of carbonyl (C=O) groups excluding carboxylic acids is 1. The van der Waals surface area contributed by atoms with E-state index in [9.17, 15) is 19.8 Å². The summed E-state index contributed by atoms with van der Waals surface area (Å²) in [5.74, 6) is 0.0322. The van der Waals surface area contributed by atoms with Gasteiger partial charge >= 0.3 is 0 Å². The first-order valence-electron chi connectivity index (χ1n) is 9.48. The molecule has 1 amide bonds. The molecule has 3 heterocycles. The Morgan fingerprint density at radius 3 is 2.66 bits per heavy atom. The van der Waals surface area contributed by atoms with Gasteiger partial charge in [-0.2, -0.15) is 0 Å². The molecule has 1 unspecified atom stereocenters. The van der Waals surface area contributed by atoms with E-state index in [0.717, 1.165) is 0 Å². The molecule has 0 saturated heterocycles. The van der Waals surface area contributed by atoms with Gasteiger partial charge in [0.25, 0.3) is 5.56 Å². The molecule has 0 aliphatic carbocycles. The van der Waals surface area contributed by atoms with Crippen molar-refractivity contribution in [3.8, 4) is 0 Å². The van der Waals surface area contributed by atoms with Crippen molar-refractivity contribution >= 4 is 22.5 Å². The minimum Gasteiger partial charge on any atom is -0.380 e. The molecule has 0 radical (unpaired) electrons. The van der Waals surface area contributed by atoms with Gasteiger partial charge in [0.05, 0.1) is 16.9 Å². The molecular formula is C21H20N4O4. The minimum atomic E-state index is -1.73. The van der Waals surface area contributed by atoms with Crippen LogP contribution in [0.3, 0.4) is 0 Å². The average molecular weight is 392 g/mol. The highest BCUT2D eigenvalue weighted by molar-refractivity contribution is 5.84. The van der Waals surface area contributed by atoms with Gasteiger partial charge in [0.1, 0.15) is 17.5 Å². The van der Waals surface area contributed by atoms with E-state index in [1.807, 2.05) is 0 Å². The summed E-state index contributed by atoms with van der Waals surface area (Å²) in [5.41, 5.74) is -0.438. The molecule has 4 atom stereocenters. The van der Waals surface area contributed by atoms with Gasteiger partial charge in [-0.25, -0.2) is 4.98 Å². The summed E-state index contributed by atoms with van der Waals surface area (Å²) in [6, 6.07) is 12.5. The van der Waals surface area contributed by atoms with Gasteiger partial charge in [0.15, 0.2) is 6.23 Å².